The Morgan fingerprint density at radius 3 is 2.43 bits per heavy atom. The maximum atomic E-state index is 13.4. The van der Waals surface area contributed by atoms with Crippen LogP contribution < -0.4 is 10.6 Å². The van der Waals surface area contributed by atoms with Crippen LogP contribution in [-0.2, 0) is 23.1 Å². The standard InChI is InChI=1S/C22H22FN3O4/c1-13(20(27)25-17(22(29)30)10-14-6-4-3-5-7-14)24-21(28)19-12-15-11-16(23)8-9-18(15)26(19)2/h3-9,11-13,17H,10H2,1-2H3,(H,24,28)(H,25,27)(H,29,30). The van der Waals surface area contributed by atoms with Gasteiger partial charge in [-0.15, -0.1) is 0 Å². The van der Waals surface area contributed by atoms with E-state index in [-0.39, 0.29) is 12.1 Å². The van der Waals surface area contributed by atoms with Gasteiger partial charge in [-0.2, -0.15) is 0 Å². The van der Waals surface area contributed by atoms with E-state index in [1.165, 1.54) is 25.1 Å². The zero-order valence-electron chi connectivity index (χ0n) is 16.6. The number of carboxylic acid groups (broad SMARTS) is 1. The normalized spacial score (nSPS) is 12.9. The van der Waals surface area contributed by atoms with E-state index >= 15 is 0 Å². The molecule has 2 amide bonds. The second-order valence-corrected chi connectivity index (χ2v) is 7.08. The quantitative estimate of drug-likeness (QED) is 0.555. The van der Waals surface area contributed by atoms with Crippen LogP contribution in [-0.4, -0.2) is 39.5 Å². The van der Waals surface area contributed by atoms with E-state index in [9.17, 15) is 23.9 Å². The number of aliphatic carboxylic acids is 1. The number of hydrogen-bond donors (Lipinski definition) is 3. The molecule has 0 spiro atoms. The van der Waals surface area contributed by atoms with Crippen LogP contribution in [0.25, 0.3) is 10.9 Å². The van der Waals surface area contributed by atoms with Crippen LogP contribution in [0.4, 0.5) is 4.39 Å². The third-order valence-electron chi connectivity index (χ3n) is 4.88. The van der Waals surface area contributed by atoms with Crippen LogP contribution in [0.1, 0.15) is 23.0 Å². The first-order valence-corrected chi connectivity index (χ1v) is 9.39. The number of nitrogens with zero attached hydrogens (tertiary/aromatic N) is 1. The molecule has 0 fully saturated rings. The molecule has 3 aromatic rings. The largest absolute Gasteiger partial charge is 0.480 e. The molecule has 156 valence electrons. The van der Waals surface area contributed by atoms with Gasteiger partial charge in [0.15, 0.2) is 0 Å². The molecule has 8 heteroatoms. The molecule has 0 radical (unpaired) electrons. The van der Waals surface area contributed by atoms with E-state index in [2.05, 4.69) is 10.6 Å². The van der Waals surface area contributed by atoms with Crippen molar-refractivity contribution in [2.75, 3.05) is 0 Å². The van der Waals surface area contributed by atoms with Gasteiger partial charge in [-0.05, 0) is 36.8 Å². The predicted molar refractivity (Wildman–Crippen MR) is 110 cm³/mol. The van der Waals surface area contributed by atoms with Gasteiger partial charge >= 0.3 is 5.97 Å². The van der Waals surface area contributed by atoms with Gasteiger partial charge in [0.05, 0.1) is 0 Å². The number of amides is 2. The van der Waals surface area contributed by atoms with Crippen LogP contribution in [0.5, 0.6) is 0 Å². The van der Waals surface area contributed by atoms with E-state index in [0.717, 1.165) is 5.56 Å². The number of hydrogen-bond acceptors (Lipinski definition) is 3. The van der Waals surface area contributed by atoms with Gasteiger partial charge < -0.3 is 20.3 Å². The maximum Gasteiger partial charge on any atom is 0.326 e. The summed E-state index contributed by atoms with van der Waals surface area (Å²) in [5.41, 5.74) is 1.70. The molecule has 2 unspecified atom stereocenters. The fourth-order valence-electron chi connectivity index (χ4n) is 3.22. The highest BCUT2D eigenvalue weighted by atomic mass is 19.1. The number of nitrogens with one attached hydrogen (secondary N) is 2. The number of rotatable bonds is 7. The van der Waals surface area contributed by atoms with Crippen molar-refractivity contribution >= 4 is 28.7 Å². The molecule has 0 aliphatic heterocycles. The zero-order chi connectivity index (χ0) is 21.8. The Labute approximate surface area is 172 Å². The summed E-state index contributed by atoms with van der Waals surface area (Å²) in [6.45, 7) is 1.47. The third kappa shape index (κ3) is 4.65. The second kappa shape index (κ2) is 8.77. The summed E-state index contributed by atoms with van der Waals surface area (Å²) in [7, 11) is 1.67. The number of aryl methyl sites for hydroxylation is 1. The molecule has 0 aliphatic carbocycles. The lowest BCUT2D eigenvalue weighted by Crippen LogP contribution is -2.51. The fourth-order valence-corrected chi connectivity index (χ4v) is 3.22. The van der Waals surface area contributed by atoms with Crippen molar-refractivity contribution in [3.8, 4) is 0 Å². The molecule has 1 heterocycles. The van der Waals surface area contributed by atoms with Gasteiger partial charge in [0, 0.05) is 24.4 Å². The summed E-state index contributed by atoms with van der Waals surface area (Å²) < 4.78 is 15.0. The highest BCUT2D eigenvalue weighted by Gasteiger charge is 2.25. The lowest BCUT2D eigenvalue weighted by Gasteiger charge is -2.19. The molecule has 0 saturated carbocycles. The molecule has 2 atom stereocenters. The number of carboxylic acids is 1. The molecule has 0 aliphatic rings. The molecule has 0 saturated heterocycles. The van der Waals surface area contributed by atoms with Crippen LogP contribution in [0.3, 0.4) is 0 Å². The molecule has 3 N–H and O–H groups in total. The first-order chi connectivity index (χ1) is 14.3. The highest BCUT2D eigenvalue weighted by molar-refractivity contribution is 6.01. The Morgan fingerprint density at radius 1 is 1.07 bits per heavy atom. The summed E-state index contributed by atoms with van der Waals surface area (Å²) in [6.07, 6.45) is 0.122. The Balaban J connectivity index is 1.67. The summed E-state index contributed by atoms with van der Waals surface area (Å²) in [5.74, 6) is -2.71. The summed E-state index contributed by atoms with van der Waals surface area (Å²) in [6, 6.07) is 12.6. The van der Waals surface area contributed by atoms with Crippen molar-refractivity contribution in [3.63, 3.8) is 0 Å². The van der Waals surface area contributed by atoms with E-state index in [1.807, 2.05) is 6.07 Å². The molecule has 7 nitrogen and oxygen atoms in total. The zero-order valence-corrected chi connectivity index (χ0v) is 16.6. The van der Waals surface area contributed by atoms with Crippen molar-refractivity contribution < 1.29 is 23.9 Å². The molecule has 0 bridgehead atoms. The van der Waals surface area contributed by atoms with E-state index in [0.29, 0.717) is 10.9 Å². The first-order valence-electron chi connectivity index (χ1n) is 9.39. The van der Waals surface area contributed by atoms with E-state index in [1.54, 1.807) is 41.9 Å². The van der Waals surface area contributed by atoms with Gasteiger partial charge in [0.1, 0.15) is 23.6 Å². The van der Waals surface area contributed by atoms with E-state index < -0.39 is 35.7 Å². The second-order valence-electron chi connectivity index (χ2n) is 7.08. The van der Waals surface area contributed by atoms with Gasteiger partial charge in [-0.25, -0.2) is 9.18 Å². The Kier molecular flexibility index (Phi) is 6.15. The van der Waals surface area contributed by atoms with Crippen molar-refractivity contribution in [3.05, 3.63) is 71.7 Å². The van der Waals surface area contributed by atoms with Gasteiger partial charge in [0.25, 0.3) is 5.91 Å². The average Bonchev–Trinajstić information content (AvgIpc) is 3.03. The number of fused-ring (bicyclic) bond motifs is 1. The molecule has 3 rings (SSSR count). The Hall–Kier alpha value is -3.68. The monoisotopic (exact) mass is 411 g/mol. The van der Waals surface area contributed by atoms with Gasteiger partial charge in [-0.3, -0.25) is 9.59 Å². The average molecular weight is 411 g/mol. The van der Waals surface area contributed by atoms with E-state index in [4.69, 9.17) is 0 Å². The lowest BCUT2D eigenvalue weighted by atomic mass is 10.1. The van der Waals surface area contributed by atoms with Crippen LogP contribution in [0, 0.1) is 5.82 Å². The van der Waals surface area contributed by atoms with Crippen molar-refractivity contribution in [2.24, 2.45) is 7.05 Å². The van der Waals surface area contributed by atoms with Crippen LogP contribution >= 0.6 is 0 Å². The molecular weight excluding hydrogens is 389 g/mol. The predicted octanol–water partition coefficient (Wildman–Crippen LogP) is 2.25. The number of carbonyl (C=O) groups is 3. The first kappa shape index (κ1) is 21.0. The summed E-state index contributed by atoms with van der Waals surface area (Å²) in [4.78, 5) is 36.6. The number of halogens is 1. The summed E-state index contributed by atoms with van der Waals surface area (Å²) in [5, 5.41) is 15.0. The number of carbonyl (C=O) groups excluding carboxylic acids is 2. The van der Waals surface area contributed by atoms with Crippen molar-refractivity contribution in [1.82, 2.24) is 15.2 Å². The molecule has 2 aromatic carbocycles. The minimum atomic E-state index is -1.17. The maximum absolute atomic E-state index is 13.4. The topological polar surface area (TPSA) is 100 Å². The van der Waals surface area contributed by atoms with Crippen molar-refractivity contribution in [1.29, 1.82) is 0 Å². The van der Waals surface area contributed by atoms with Gasteiger partial charge in [-0.1, -0.05) is 30.3 Å². The molecule has 1 aromatic heterocycles. The SMILES string of the molecule is CC(NC(=O)c1cc2cc(F)ccc2n1C)C(=O)NC(Cc1ccccc1)C(=O)O. The number of aromatic nitrogens is 1. The van der Waals surface area contributed by atoms with Crippen molar-refractivity contribution in [2.45, 2.75) is 25.4 Å². The van der Waals surface area contributed by atoms with Gasteiger partial charge in [0.2, 0.25) is 5.91 Å². The minimum absolute atomic E-state index is 0.122. The lowest BCUT2D eigenvalue weighted by molar-refractivity contribution is -0.142. The Morgan fingerprint density at radius 2 is 1.77 bits per heavy atom. The molecular formula is C22H22FN3O4. The number of benzene rings is 2. The Bertz CT molecular complexity index is 1090. The third-order valence-corrected chi connectivity index (χ3v) is 4.88. The smallest absolute Gasteiger partial charge is 0.326 e. The minimum Gasteiger partial charge on any atom is -0.480 e. The van der Waals surface area contributed by atoms with Crippen LogP contribution in [0.15, 0.2) is 54.6 Å². The highest BCUT2D eigenvalue weighted by Crippen LogP contribution is 2.20. The summed E-state index contributed by atoms with van der Waals surface area (Å²) >= 11 is 0. The fraction of sp³-hybridized carbons (Fsp3) is 0.227. The molecule has 30 heavy (non-hydrogen) atoms. The van der Waals surface area contributed by atoms with Crippen LogP contribution in [0.2, 0.25) is 0 Å².